The second-order valence-corrected chi connectivity index (χ2v) is 5.12. The molecular weight excluding hydrogens is 264 g/mol. The molecule has 0 bridgehead atoms. The number of hydrogen-bond donors (Lipinski definition) is 1. The molecule has 1 fully saturated rings. The van der Waals surface area contributed by atoms with Crippen LogP contribution in [0.3, 0.4) is 0 Å². The lowest BCUT2D eigenvalue weighted by atomic mass is 10.3. The van der Waals surface area contributed by atoms with E-state index in [1.807, 2.05) is 43.3 Å². The first-order valence-corrected chi connectivity index (χ1v) is 7.43. The summed E-state index contributed by atoms with van der Waals surface area (Å²) in [5.74, 6) is 2.27. The molecule has 4 heteroatoms. The Kier molecular flexibility index (Phi) is 4.36. The fraction of sp³-hybridized carbons (Fsp3) is 0.353. The van der Waals surface area contributed by atoms with Gasteiger partial charge in [0.1, 0.15) is 5.75 Å². The van der Waals surface area contributed by atoms with E-state index in [1.165, 1.54) is 12.8 Å². The number of benzene rings is 1. The number of para-hydroxylation sites is 2. The number of hydrogen-bond acceptors (Lipinski definition) is 4. The largest absolute Gasteiger partial charge is 0.490 e. The van der Waals surface area contributed by atoms with Crippen molar-refractivity contribution in [2.45, 2.75) is 32.4 Å². The highest BCUT2D eigenvalue weighted by Crippen LogP contribution is 2.31. The maximum Gasteiger partial charge on any atom is 0.169 e. The van der Waals surface area contributed by atoms with Crippen molar-refractivity contribution in [2.75, 3.05) is 6.61 Å². The van der Waals surface area contributed by atoms with E-state index in [2.05, 4.69) is 10.3 Å². The van der Waals surface area contributed by atoms with Crippen molar-refractivity contribution >= 4 is 0 Å². The highest BCUT2D eigenvalue weighted by molar-refractivity contribution is 5.42. The zero-order valence-electron chi connectivity index (χ0n) is 12.2. The second kappa shape index (κ2) is 6.59. The van der Waals surface area contributed by atoms with Crippen molar-refractivity contribution in [3.05, 3.63) is 48.3 Å². The molecule has 0 saturated heterocycles. The summed E-state index contributed by atoms with van der Waals surface area (Å²) in [6.45, 7) is 3.37. The summed E-state index contributed by atoms with van der Waals surface area (Å²) < 4.78 is 11.5. The van der Waals surface area contributed by atoms with Crippen LogP contribution in [-0.4, -0.2) is 17.6 Å². The van der Waals surface area contributed by atoms with Crippen LogP contribution in [0.25, 0.3) is 0 Å². The maximum absolute atomic E-state index is 5.93. The van der Waals surface area contributed by atoms with E-state index < -0.39 is 0 Å². The number of nitrogens with zero attached hydrogens (tertiary/aromatic N) is 1. The SMILES string of the molecule is CCOc1ccccc1Oc1ccnc(CNC2CC2)c1. The zero-order chi connectivity index (χ0) is 14.5. The standard InChI is InChI=1S/C17H20N2O2/c1-2-20-16-5-3-4-6-17(16)21-15-9-10-18-14(11-15)12-19-13-7-8-13/h3-6,9-11,13,19H,2,7-8,12H2,1H3. The summed E-state index contributed by atoms with van der Waals surface area (Å²) in [7, 11) is 0. The molecule has 0 spiro atoms. The van der Waals surface area contributed by atoms with Gasteiger partial charge in [-0.15, -0.1) is 0 Å². The van der Waals surface area contributed by atoms with Gasteiger partial charge >= 0.3 is 0 Å². The van der Waals surface area contributed by atoms with E-state index >= 15 is 0 Å². The Bertz CT molecular complexity index is 597. The van der Waals surface area contributed by atoms with E-state index in [0.717, 1.165) is 29.5 Å². The second-order valence-electron chi connectivity index (χ2n) is 5.12. The van der Waals surface area contributed by atoms with Gasteiger partial charge in [0, 0.05) is 24.8 Å². The molecule has 1 aliphatic carbocycles. The van der Waals surface area contributed by atoms with Crippen molar-refractivity contribution in [3.63, 3.8) is 0 Å². The topological polar surface area (TPSA) is 43.4 Å². The van der Waals surface area contributed by atoms with Crippen LogP contribution in [0.15, 0.2) is 42.6 Å². The summed E-state index contributed by atoms with van der Waals surface area (Å²) in [6, 6.07) is 12.2. The maximum atomic E-state index is 5.93. The average Bonchev–Trinajstić information content (AvgIpc) is 3.32. The van der Waals surface area contributed by atoms with E-state index in [-0.39, 0.29) is 0 Å². The number of aromatic nitrogens is 1. The average molecular weight is 284 g/mol. The quantitative estimate of drug-likeness (QED) is 0.844. The Balaban J connectivity index is 1.70. The molecule has 1 saturated carbocycles. The normalized spacial score (nSPS) is 14.0. The first kappa shape index (κ1) is 13.9. The van der Waals surface area contributed by atoms with Crippen molar-refractivity contribution in [2.24, 2.45) is 0 Å². The Hall–Kier alpha value is -2.07. The van der Waals surface area contributed by atoms with Crippen LogP contribution in [0, 0.1) is 0 Å². The lowest BCUT2D eigenvalue weighted by Crippen LogP contribution is -2.16. The molecule has 1 heterocycles. The van der Waals surface area contributed by atoms with E-state index in [4.69, 9.17) is 9.47 Å². The number of pyridine rings is 1. The van der Waals surface area contributed by atoms with Crippen LogP contribution < -0.4 is 14.8 Å². The van der Waals surface area contributed by atoms with Gasteiger partial charge in [-0.1, -0.05) is 12.1 Å². The number of rotatable bonds is 7. The predicted octanol–water partition coefficient (Wildman–Crippen LogP) is 3.52. The molecule has 0 amide bonds. The van der Waals surface area contributed by atoms with Crippen LogP contribution in [0.2, 0.25) is 0 Å². The van der Waals surface area contributed by atoms with Gasteiger partial charge in [-0.3, -0.25) is 4.98 Å². The van der Waals surface area contributed by atoms with E-state index in [9.17, 15) is 0 Å². The molecule has 21 heavy (non-hydrogen) atoms. The summed E-state index contributed by atoms with van der Waals surface area (Å²) >= 11 is 0. The van der Waals surface area contributed by atoms with E-state index in [0.29, 0.717) is 12.6 Å². The first-order valence-electron chi connectivity index (χ1n) is 7.43. The van der Waals surface area contributed by atoms with Crippen molar-refractivity contribution in [3.8, 4) is 17.2 Å². The highest BCUT2D eigenvalue weighted by Gasteiger charge is 2.20. The first-order chi connectivity index (χ1) is 10.3. The molecule has 0 unspecified atom stereocenters. The fourth-order valence-corrected chi connectivity index (χ4v) is 2.09. The lowest BCUT2D eigenvalue weighted by molar-refractivity contribution is 0.321. The van der Waals surface area contributed by atoms with Gasteiger partial charge in [-0.25, -0.2) is 0 Å². The number of nitrogens with one attached hydrogen (secondary N) is 1. The summed E-state index contributed by atoms with van der Waals surface area (Å²) in [5.41, 5.74) is 0.994. The summed E-state index contributed by atoms with van der Waals surface area (Å²) in [6.07, 6.45) is 4.33. The van der Waals surface area contributed by atoms with E-state index in [1.54, 1.807) is 6.20 Å². The van der Waals surface area contributed by atoms with Gasteiger partial charge in [0.05, 0.1) is 12.3 Å². The minimum atomic E-state index is 0.618. The molecular formula is C17H20N2O2. The minimum absolute atomic E-state index is 0.618. The molecule has 3 rings (SSSR count). The van der Waals surface area contributed by atoms with Crippen molar-refractivity contribution in [1.82, 2.24) is 10.3 Å². The molecule has 0 aliphatic heterocycles. The predicted molar refractivity (Wildman–Crippen MR) is 81.8 cm³/mol. The minimum Gasteiger partial charge on any atom is -0.490 e. The lowest BCUT2D eigenvalue weighted by Gasteiger charge is -2.12. The van der Waals surface area contributed by atoms with Crippen molar-refractivity contribution in [1.29, 1.82) is 0 Å². The van der Waals surface area contributed by atoms with Gasteiger partial charge in [0.25, 0.3) is 0 Å². The van der Waals surface area contributed by atoms with Crippen LogP contribution in [0.4, 0.5) is 0 Å². The molecule has 2 aromatic rings. The van der Waals surface area contributed by atoms with Crippen LogP contribution in [0.5, 0.6) is 17.2 Å². The highest BCUT2D eigenvalue weighted by atomic mass is 16.5. The molecule has 1 aromatic heterocycles. The van der Waals surface area contributed by atoms with Gasteiger partial charge in [-0.2, -0.15) is 0 Å². The van der Waals surface area contributed by atoms with Gasteiger partial charge < -0.3 is 14.8 Å². The van der Waals surface area contributed by atoms with Crippen molar-refractivity contribution < 1.29 is 9.47 Å². The van der Waals surface area contributed by atoms with Crippen LogP contribution in [-0.2, 0) is 6.54 Å². The number of ether oxygens (including phenoxy) is 2. The monoisotopic (exact) mass is 284 g/mol. The molecule has 4 nitrogen and oxygen atoms in total. The summed E-state index contributed by atoms with van der Waals surface area (Å²) in [5, 5.41) is 3.45. The Morgan fingerprint density at radius 1 is 1.19 bits per heavy atom. The third-order valence-electron chi connectivity index (χ3n) is 3.31. The zero-order valence-corrected chi connectivity index (χ0v) is 12.2. The molecule has 0 atom stereocenters. The third kappa shape index (κ3) is 3.95. The molecule has 1 aromatic carbocycles. The molecule has 1 aliphatic rings. The summed E-state index contributed by atoms with van der Waals surface area (Å²) in [4.78, 5) is 4.37. The Morgan fingerprint density at radius 2 is 2.00 bits per heavy atom. The van der Waals surface area contributed by atoms with Crippen LogP contribution >= 0.6 is 0 Å². The molecule has 0 radical (unpaired) electrons. The van der Waals surface area contributed by atoms with Crippen LogP contribution in [0.1, 0.15) is 25.5 Å². The fourth-order valence-electron chi connectivity index (χ4n) is 2.09. The van der Waals surface area contributed by atoms with Gasteiger partial charge in [0.2, 0.25) is 0 Å². The van der Waals surface area contributed by atoms with Gasteiger partial charge in [-0.05, 0) is 38.0 Å². The Morgan fingerprint density at radius 3 is 2.76 bits per heavy atom. The molecule has 110 valence electrons. The smallest absolute Gasteiger partial charge is 0.169 e. The third-order valence-corrected chi connectivity index (χ3v) is 3.31. The Labute approximate surface area is 125 Å². The van der Waals surface area contributed by atoms with Gasteiger partial charge in [0.15, 0.2) is 11.5 Å². The molecule has 1 N–H and O–H groups in total.